The van der Waals surface area contributed by atoms with Crippen molar-refractivity contribution in [2.24, 2.45) is 4.74 Å². The molecule has 0 radical (unpaired) electrons. The molecule has 1 heterocycles. The van der Waals surface area contributed by atoms with Crippen LogP contribution in [0.5, 0.6) is 0 Å². The Balaban J connectivity index is 2.10. The predicted octanol–water partition coefficient (Wildman–Crippen LogP) is 6.23. The molecule has 2 aromatic rings. The molecule has 34 heavy (non-hydrogen) atoms. The highest BCUT2D eigenvalue weighted by atomic mass is 31.2. The van der Waals surface area contributed by atoms with Gasteiger partial charge >= 0.3 is 5.97 Å². The van der Waals surface area contributed by atoms with Crippen LogP contribution in [0.4, 0.5) is 0 Å². The molecule has 1 aliphatic carbocycles. The summed E-state index contributed by atoms with van der Waals surface area (Å²) in [5.41, 5.74) is 0. The fourth-order valence-corrected chi connectivity index (χ4v) is 8.54. The van der Waals surface area contributed by atoms with Crippen LogP contribution in [0.1, 0.15) is 13.3 Å². The molecule has 0 fully saturated rings. The van der Waals surface area contributed by atoms with Gasteiger partial charge in [0.15, 0.2) is 0 Å². The number of hydrogen-bond acceptors (Lipinski definition) is 3. The van der Waals surface area contributed by atoms with Gasteiger partial charge < -0.3 is 10.4 Å². The highest BCUT2D eigenvalue weighted by Crippen LogP contribution is 2.57. The van der Waals surface area contributed by atoms with Crippen molar-refractivity contribution in [1.29, 1.82) is 0 Å². The van der Waals surface area contributed by atoms with E-state index in [1.807, 2.05) is 12.1 Å². The number of hydrogen-bond donors (Lipinski definition) is 2. The Hall–Kier alpha value is -3.19. The van der Waals surface area contributed by atoms with E-state index in [1.54, 1.807) is 6.08 Å². The van der Waals surface area contributed by atoms with E-state index in [-0.39, 0.29) is 6.04 Å². The molecular formula is C28H28N2O2P2. The van der Waals surface area contributed by atoms with Gasteiger partial charge in [-0.3, -0.25) is 0 Å². The number of nitrogens with zero attached hydrogens (tertiary/aromatic N) is 1. The molecule has 1 aliphatic heterocycles. The van der Waals surface area contributed by atoms with Crippen LogP contribution in [-0.4, -0.2) is 17.1 Å². The maximum Gasteiger partial charge on any atom is 0.328 e. The monoisotopic (exact) mass is 486 g/mol. The van der Waals surface area contributed by atoms with E-state index in [2.05, 4.69) is 103 Å². The Morgan fingerprint density at radius 1 is 1.09 bits per heavy atom. The summed E-state index contributed by atoms with van der Waals surface area (Å²) in [5.74, 6) is 1.88. The molecular weight excluding hydrogens is 458 g/mol. The first-order valence-electron chi connectivity index (χ1n) is 11.2. The summed E-state index contributed by atoms with van der Waals surface area (Å²) in [6.45, 7) is 2.08. The van der Waals surface area contributed by atoms with Crippen molar-refractivity contribution >= 4 is 32.2 Å². The average Bonchev–Trinajstić information content (AvgIpc) is 3.23. The highest BCUT2D eigenvalue weighted by Gasteiger charge is 2.29. The number of carboxylic acids is 1. The molecule has 2 unspecified atom stereocenters. The summed E-state index contributed by atoms with van der Waals surface area (Å²) in [7, 11) is -2.16. The van der Waals surface area contributed by atoms with Gasteiger partial charge in [0.2, 0.25) is 0 Å². The fourth-order valence-electron chi connectivity index (χ4n) is 3.90. The molecule has 4 nitrogen and oxygen atoms in total. The van der Waals surface area contributed by atoms with Crippen LogP contribution in [-0.2, 0) is 4.79 Å². The molecule has 0 aromatic heterocycles. The second-order valence-corrected chi connectivity index (χ2v) is 12.1. The van der Waals surface area contributed by atoms with Crippen molar-refractivity contribution < 1.29 is 9.90 Å². The van der Waals surface area contributed by atoms with Crippen molar-refractivity contribution in [3.8, 4) is 0 Å². The number of benzene rings is 2. The Labute approximate surface area is 203 Å². The SMILES string of the molecule is CC1C=CPC(/C=C/C(=O)O)=C(N=P(C2=CC=CCC=C2)(c2ccccc2)c2ccccc2)N1. The zero-order valence-corrected chi connectivity index (χ0v) is 20.9. The van der Waals surface area contributed by atoms with Gasteiger partial charge in [-0.1, -0.05) is 112 Å². The Morgan fingerprint density at radius 3 is 2.41 bits per heavy atom. The summed E-state index contributed by atoms with van der Waals surface area (Å²) in [6.07, 6.45) is 16.7. The molecule has 0 spiro atoms. The summed E-state index contributed by atoms with van der Waals surface area (Å²) >= 11 is 0. The molecule has 4 rings (SSSR count). The van der Waals surface area contributed by atoms with Crippen LogP contribution in [0, 0.1) is 0 Å². The molecule has 0 amide bonds. The number of rotatable bonds is 6. The number of nitrogens with one attached hydrogen (secondary N) is 1. The van der Waals surface area contributed by atoms with Crippen LogP contribution in [0.3, 0.4) is 0 Å². The third-order valence-corrected chi connectivity index (χ3v) is 10.2. The molecule has 2 atom stereocenters. The smallest absolute Gasteiger partial charge is 0.328 e. The fraction of sp³-hybridized carbons (Fsp3) is 0.107. The van der Waals surface area contributed by atoms with E-state index in [9.17, 15) is 9.90 Å². The number of allylic oxidation sites excluding steroid dienone is 8. The number of aliphatic carboxylic acids is 1. The summed E-state index contributed by atoms with van der Waals surface area (Å²) in [4.78, 5) is 11.3. The van der Waals surface area contributed by atoms with Crippen molar-refractivity contribution in [2.45, 2.75) is 19.4 Å². The molecule has 2 N–H and O–H groups in total. The van der Waals surface area contributed by atoms with E-state index in [4.69, 9.17) is 4.74 Å². The average molecular weight is 486 g/mol. The van der Waals surface area contributed by atoms with Gasteiger partial charge in [-0.25, -0.2) is 9.54 Å². The molecule has 2 aliphatic rings. The molecule has 6 heteroatoms. The molecule has 2 aromatic carbocycles. The standard InChI is InChI=1S/C28H28N2O2P2/c1-22-20-21-33-26(18-19-27(31)32)28(29-22)30-34(24-14-8-4-9-15-24,25-16-10-5-11-17-25)23-12-6-2-3-7-13-23/h2,4-22,29,33H,3H2,1H3,(H,31,32)/b19-18+. The number of carbonyl (C=O) groups is 1. The van der Waals surface area contributed by atoms with E-state index in [0.29, 0.717) is 8.58 Å². The zero-order valence-electron chi connectivity index (χ0n) is 19.0. The zero-order chi connectivity index (χ0) is 23.8. The van der Waals surface area contributed by atoms with Gasteiger partial charge in [0, 0.05) is 33.4 Å². The molecule has 0 saturated heterocycles. The van der Waals surface area contributed by atoms with Crippen molar-refractivity contribution in [3.05, 3.63) is 132 Å². The van der Waals surface area contributed by atoms with E-state index >= 15 is 0 Å². The van der Waals surface area contributed by atoms with Crippen LogP contribution in [0.25, 0.3) is 0 Å². The third kappa shape index (κ3) is 5.47. The van der Waals surface area contributed by atoms with Gasteiger partial charge in [0.1, 0.15) is 5.82 Å². The van der Waals surface area contributed by atoms with E-state index < -0.39 is 13.0 Å². The van der Waals surface area contributed by atoms with E-state index in [1.165, 1.54) is 6.08 Å². The van der Waals surface area contributed by atoms with Crippen LogP contribution >= 0.6 is 15.6 Å². The van der Waals surface area contributed by atoms with Crippen molar-refractivity contribution in [3.63, 3.8) is 0 Å². The second-order valence-electron chi connectivity index (χ2n) is 7.93. The van der Waals surface area contributed by atoms with Gasteiger partial charge in [0.05, 0.1) is 7.05 Å². The molecule has 0 saturated carbocycles. The lowest BCUT2D eigenvalue weighted by molar-refractivity contribution is -0.131. The normalized spacial score (nSPS) is 19.0. The maximum atomic E-state index is 11.3. The minimum Gasteiger partial charge on any atom is -0.478 e. The van der Waals surface area contributed by atoms with Gasteiger partial charge in [-0.2, -0.15) is 0 Å². The molecule has 0 bridgehead atoms. The Morgan fingerprint density at radius 2 is 1.76 bits per heavy atom. The lowest BCUT2D eigenvalue weighted by Gasteiger charge is -2.29. The number of carboxylic acid groups (broad SMARTS) is 1. The lowest BCUT2D eigenvalue weighted by Crippen LogP contribution is -2.24. The largest absolute Gasteiger partial charge is 0.478 e. The topological polar surface area (TPSA) is 61.7 Å². The first-order valence-corrected chi connectivity index (χ1v) is 14.0. The van der Waals surface area contributed by atoms with Crippen LogP contribution in [0.2, 0.25) is 0 Å². The van der Waals surface area contributed by atoms with Gasteiger partial charge in [0.25, 0.3) is 0 Å². The van der Waals surface area contributed by atoms with Crippen LogP contribution in [0.15, 0.2) is 136 Å². The van der Waals surface area contributed by atoms with Gasteiger partial charge in [-0.05, 0) is 19.4 Å². The van der Waals surface area contributed by atoms with E-state index in [0.717, 1.165) is 33.5 Å². The summed E-state index contributed by atoms with van der Waals surface area (Å²) < 4.78 is 5.59. The van der Waals surface area contributed by atoms with Gasteiger partial charge in [-0.15, -0.1) is 0 Å². The minimum absolute atomic E-state index is 0.0778. The minimum atomic E-state index is -2.48. The Kier molecular flexibility index (Phi) is 7.95. The quantitative estimate of drug-likeness (QED) is 0.376. The predicted molar refractivity (Wildman–Crippen MR) is 146 cm³/mol. The summed E-state index contributed by atoms with van der Waals surface area (Å²) in [6, 6.07) is 21.0. The maximum absolute atomic E-state index is 11.3. The lowest BCUT2D eigenvalue weighted by atomic mass is 10.3. The first-order chi connectivity index (χ1) is 16.6. The van der Waals surface area contributed by atoms with Crippen molar-refractivity contribution in [2.75, 3.05) is 0 Å². The summed E-state index contributed by atoms with van der Waals surface area (Å²) in [5, 5.41) is 17.2. The Bertz CT molecular complexity index is 1230. The molecule has 172 valence electrons. The highest BCUT2D eigenvalue weighted by molar-refractivity contribution is 7.84. The van der Waals surface area contributed by atoms with Crippen LogP contribution < -0.4 is 15.9 Å². The third-order valence-electron chi connectivity index (χ3n) is 5.48. The van der Waals surface area contributed by atoms with Crippen molar-refractivity contribution in [1.82, 2.24) is 5.32 Å². The first kappa shape index (κ1) is 24.0. The second kappa shape index (κ2) is 11.3.